The van der Waals surface area contributed by atoms with Crippen LogP contribution in [0.25, 0.3) is 0 Å². The Kier molecular flexibility index (Phi) is 3.42. The van der Waals surface area contributed by atoms with Crippen molar-refractivity contribution >= 4 is 27.5 Å². The summed E-state index contributed by atoms with van der Waals surface area (Å²) in [6.07, 6.45) is 5.18. The van der Waals surface area contributed by atoms with Gasteiger partial charge in [-0.2, -0.15) is 0 Å². The lowest BCUT2D eigenvalue weighted by Gasteiger charge is -2.29. The highest BCUT2D eigenvalue weighted by atomic mass is 79.9. The molecule has 1 fully saturated rings. The molecule has 1 atom stereocenters. The van der Waals surface area contributed by atoms with Crippen molar-refractivity contribution in [1.29, 1.82) is 0 Å². The van der Waals surface area contributed by atoms with Crippen LogP contribution in [-0.4, -0.2) is 0 Å². The third-order valence-electron chi connectivity index (χ3n) is 3.52. The Morgan fingerprint density at radius 2 is 1.73 bits per heavy atom. The van der Waals surface area contributed by atoms with E-state index >= 15 is 0 Å². The van der Waals surface area contributed by atoms with Crippen LogP contribution in [0.5, 0.6) is 0 Å². The van der Waals surface area contributed by atoms with Crippen LogP contribution in [0, 0.1) is 5.41 Å². The fraction of sp³-hybridized carbons (Fsp3) is 0.538. The van der Waals surface area contributed by atoms with Gasteiger partial charge >= 0.3 is 0 Å². The maximum absolute atomic E-state index is 6.59. The summed E-state index contributed by atoms with van der Waals surface area (Å²) in [7, 11) is 0. The lowest BCUT2D eigenvalue weighted by atomic mass is 9.81. The summed E-state index contributed by atoms with van der Waals surface area (Å²) in [5.74, 6) is 0. The quantitative estimate of drug-likeness (QED) is 0.647. The van der Waals surface area contributed by atoms with E-state index < -0.39 is 0 Å². The number of alkyl halides is 1. The predicted octanol–water partition coefficient (Wildman–Crippen LogP) is 5.31. The van der Waals surface area contributed by atoms with Gasteiger partial charge in [0.05, 0.1) is 5.38 Å². The number of hydrogen-bond donors (Lipinski definition) is 0. The standard InChI is InChI=1S/C13H16BrCl/c1-13(8-2-3-9-13)12(15)10-4-6-11(14)7-5-10/h4-7,12H,2-3,8-9H2,1H3. The third-order valence-corrected chi connectivity index (χ3v) is 4.83. The summed E-state index contributed by atoms with van der Waals surface area (Å²) in [5, 5.41) is 0.160. The van der Waals surface area contributed by atoms with Crippen molar-refractivity contribution in [1.82, 2.24) is 0 Å². The molecule has 1 aliphatic rings. The molecular weight excluding hydrogens is 272 g/mol. The molecule has 0 spiro atoms. The van der Waals surface area contributed by atoms with Crippen molar-refractivity contribution in [2.45, 2.75) is 38.0 Å². The Bertz CT molecular complexity index is 325. The Morgan fingerprint density at radius 3 is 2.27 bits per heavy atom. The highest BCUT2D eigenvalue weighted by Crippen LogP contribution is 2.50. The van der Waals surface area contributed by atoms with Gasteiger partial charge in [-0.1, -0.05) is 47.8 Å². The summed E-state index contributed by atoms with van der Waals surface area (Å²) < 4.78 is 1.12. The molecule has 1 aromatic rings. The summed E-state index contributed by atoms with van der Waals surface area (Å²) in [6, 6.07) is 8.41. The first-order valence-corrected chi connectivity index (χ1v) is 6.74. The first kappa shape index (κ1) is 11.5. The predicted molar refractivity (Wildman–Crippen MR) is 69.3 cm³/mol. The molecule has 1 saturated carbocycles. The van der Waals surface area contributed by atoms with Gasteiger partial charge < -0.3 is 0 Å². The summed E-state index contributed by atoms with van der Waals surface area (Å²) in [5.41, 5.74) is 1.55. The van der Waals surface area contributed by atoms with Crippen LogP contribution in [0.4, 0.5) is 0 Å². The van der Waals surface area contributed by atoms with E-state index in [0.29, 0.717) is 5.41 Å². The molecule has 1 aromatic carbocycles. The second kappa shape index (κ2) is 4.47. The topological polar surface area (TPSA) is 0 Å². The van der Waals surface area contributed by atoms with E-state index in [1.165, 1.54) is 31.2 Å². The molecule has 2 heteroatoms. The van der Waals surface area contributed by atoms with Crippen molar-refractivity contribution in [3.8, 4) is 0 Å². The minimum atomic E-state index is 0.160. The monoisotopic (exact) mass is 286 g/mol. The number of benzene rings is 1. The maximum atomic E-state index is 6.59. The van der Waals surface area contributed by atoms with Gasteiger partial charge in [-0.3, -0.25) is 0 Å². The van der Waals surface area contributed by atoms with Crippen molar-refractivity contribution in [2.75, 3.05) is 0 Å². The van der Waals surface area contributed by atoms with E-state index in [1.54, 1.807) is 0 Å². The molecule has 1 aliphatic carbocycles. The average molecular weight is 288 g/mol. The molecule has 0 N–H and O–H groups in total. The summed E-state index contributed by atoms with van der Waals surface area (Å²) in [4.78, 5) is 0. The van der Waals surface area contributed by atoms with E-state index in [-0.39, 0.29) is 5.38 Å². The highest BCUT2D eigenvalue weighted by molar-refractivity contribution is 9.10. The van der Waals surface area contributed by atoms with E-state index in [4.69, 9.17) is 11.6 Å². The van der Waals surface area contributed by atoms with Gasteiger partial charge in [0.2, 0.25) is 0 Å². The van der Waals surface area contributed by atoms with Crippen molar-refractivity contribution < 1.29 is 0 Å². The minimum Gasteiger partial charge on any atom is -0.117 e. The van der Waals surface area contributed by atoms with Crippen molar-refractivity contribution in [3.63, 3.8) is 0 Å². The maximum Gasteiger partial charge on any atom is 0.0638 e. The van der Waals surface area contributed by atoms with E-state index in [2.05, 4.69) is 47.1 Å². The van der Waals surface area contributed by atoms with Gasteiger partial charge in [-0.15, -0.1) is 11.6 Å². The first-order valence-electron chi connectivity index (χ1n) is 5.51. The fourth-order valence-corrected chi connectivity index (χ4v) is 3.10. The van der Waals surface area contributed by atoms with E-state index in [9.17, 15) is 0 Å². The second-order valence-electron chi connectivity index (χ2n) is 4.78. The molecule has 0 bridgehead atoms. The Labute approximate surface area is 105 Å². The van der Waals surface area contributed by atoms with E-state index in [1.807, 2.05) is 0 Å². The van der Waals surface area contributed by atoms with Crippen LogP contribution in [0.2, 0.25) is 0 Å². The first-order chi connectivity index (χ1) is 7.12. The van der Waals surface area contributed by atoms with Crippen LogP contribution in [-0.2, 0) is 0 Å². The molecule has 0 saturated heterocycles. The van der Waals surface area contributed by atoms with Crippen LogP contribution in [0.15, 0.2) is 28.7 Å². The molecule has 0 radical (unpaired) electrons. The highest BCUT2D eigenvalue weighted by Gasteiger charge is 2.36. The van der Waals surface area contributed by atoms with Crippen molar-refractivity contribution in [3.05, 3.63) is 34.3 Å². The van der Waals surface area contributed by atoms with Gasteiger partial charge in [0.25, 0.3) is 0 Å². The molecule has 0 heterocycles. The summed E-state index contributed by atoms with van der Waals surface area (Å²) in [6.45, 7) is 2.32. The molecule has 15 heavy (non-hydrogen) atoms. The third kappa shape index (κ3) is 2.39. The number of hydrogen-bond acceptors (Lipinski definition) is 0. The Balaban J connectivity index is 2.19. The van der Waals surface area contributed by atoms with Crippen LogP contribution in [0.3, 0.4) is 0 Å². The lowest BCUT2D eigenvalue weighted by Crippen LogP contribution is -2.17. The SMILES string of the molecule is CC1(C(Cl)c2ccc(Br)cc2)CCCC1. The van der Waals surface area contributed by atoms with Crippen molar-refractivity contribution in [2.24, 2.45) is 5.41 Å². The second-order valence-corrected chi connectivity index (χ2v) is 6.13. The molecular formula is C13H16BrCl. The zero-order chi connectivity index (χ0) is 10.9. The van der Waals surface area contributed by atoms with Gasteiger partial charge in [0, 0.05) is 4.47 Å². The molecule has 0 amide bonds. The van der Waals surface area contributed by atoms with Gasteiger partial charge in [-0.05, 0) is 36.0 Å². The normalized spacial score (nSPS) is 21.5. The number of halogens is 2. The molecule has 0 nitrogen and oxygen atoms in total. The summed E-state index contributed by atoms with van der Waals surface area (Å²) >= 11 is 10.0. The fourth-order valence-electron chi connectivity index (χ4n) is 2.47. The molecule has 2 rings (SSSR count). The minimum absolute atomic E-state index is 0.160. The molecule has 82 valence electrons. The molecule has 1 unspecified atom stereocenters. The largest absolute Gasteiger partial charge is 0.117 e. The smallest absolute Gasteiger partial charge is 0.0638 e. The van der Waals surface area contributed by atoms with Gasteiger partial charge in [-0.25, -0.2) is 0 Å². The lowest BCUT2D eigenvalue weighted by molar-refractivity contribution is 0.322. The molecule has 0 aliphatic heterocycles. The Hall–Kier alpha value is -0.0100. The zero-order valence-corrected chi connectivity index (χ0v) is 11.3. The zero-order valence-electron chi connectivity index (χ0n) is 8.97. The van der Waals surface area contributed by atoms with Crippen LogP contribution in [0.1, 0.15) is 43.5 Å². The van der Waals surface area contributed by atoms with Crippen LogP contribution >= 0.6 is 27.5 Å². The van der Waals surface area contributed by atoms with E-state index in [0.717, 1.165) is 4.47 Å². The average Bonchev–Trinajstić information content (AvgIpc) is 2.67. The van der Waals surface area contributed by atoms with Gasteiger partial charge in [0.15, 0.2) is 0 Å². The Morgan fingerprint density at radius 1 is 1.20 bits per heavy atom. The van der Waals surface area contributed by atoms with Crippen LogP contribution < -0.4 is 0 Å². The van der Waals surface area contributed by atoms with Gasteiger partial charge in [0.1, 0.15) is 0 Å². The number of rotatable bonds is 2. The molecule has 0 aromatic heterocycles.